The van der Waals surface area contributed by atoms with Gasteiger partial charge >= 0.3 is 0 Å². The molecule has 0 unspecified atom stereocenters. The highest BCUT2D eigenvalue weighted by atomic mass is 32.2. The molecule has 7 nitrogen and oxygen atoms in total. The van der Waals surface area contributed by atoms with Crippen molar-refractivity contribution in [2.45, 2.75) is 11.8 Å². The summed E-state index contributed by atoms with van der Waals surface area (Å²) in [7, 11) is 0.744. The predicted octanol–water partition coefficient (Wildman–Crippen LogP) is 4.15. The molecule has 0 saturated heterocycles. The van der Waals surface area contributed by atoms with Crippen molar-refractivity contribution in [1.82, 2.24) is 0 Å². The van der Waals surface area contributed by atoms with Crippen LogP contribution in [0.4, 0.5) is 11.4 Å². The summed E-state index contributed by atoms with van der Waals surface area (Å²) < 4.78 is 33.6. The van der Waals surface area contributed by atoms with E-state index in [-0.39, 0.29) is 16.6 Å². The van der Waals surface area contributed by atoms with E-state index in [2.05, 4.69) is 0 Å². The Balaban J connectivity index is 1.91. The fourth-order valence-electron chi connectivity index (χ4n) is 3.26. The Bertz CT molecular complexity index is 1260. The van der Waals surface area contributed by atoms with E-state index in [1.165, 1.54) is 17.9 Å². The molecule has 0 bridgehead atoms. The number of nitrogens with zero attached hydrogens (tertiary/aromatic N) is 2. The molecule has 0 aliphatic heterocycles. The molecule has 166 valence electrons. The summed E-state index contributed by atoms with van der Waals surface area (Å²) in [4.78, 5) is 27.2. The van der Waals surface area contributed by atoms with E-state index < -0.39 is 10.1 Å². The van der Waals surface area contributed by atoms with Crippen molar-refractivity contribution < 1.29 is 22.6 Å². The van der Waals surface area contributed by atoms with Crippen molar-refractivity contribution in [3.8, 4) is 11.1 Å². The summed E-state index contributed by atoms with van der Waals surface area (Å²) in [6, 6.07) is 18.0. The van der Waals surface area contributed by atoms with Gasteiger partial charge in [-0.05, 0) is 48.9 Å². The Morgan fingerprint density at radius 1 is 0.781 bits per heavy atom. The zero-order valence-electron chi connectivity index (χ0n) is 18.2. The molecule has 0 fully saturated rings. The van der Waals surface area contributed by atoms with Gasteiger partial charge in [0, 0.05) is 49.2 Å². The quantitative estimate of drug-likeness (QED) is 0.446. The van der Waals surface area contributed by atoms with Crippen LogP contribution < -0.4 is 9.80 Å². The monoisotopic (exact) mass is 452 g/mol. The Kier molecular flexibility index (Phi) is 6.47. The maximum atomic E-state index is 12.8. The van der Waals surface area contributed by atoms with E-state index in [1.807, 2.05) is 0 Å². The van der Waals surface area contributed by atoms with Gasteiger partial charge in [-0.15, -0.1) is 0 Å². The summed E-state index contributed by atoms with van der Waals surface area (Å²) in [6.07, 6.45) is 0. The van der Waals surface area contributed by atoms with Gasteiger partial charge in [0.15, 0.2) is 5.78 Å². The van der Waals surface area contributed by atoms with Crippen molar-refractivity contribution in [2.75, 3.05) is 30.9 Å². The van der Waals surface area contributed by atoms with Gasteiger partial charge in [0.1, 0.15) is 4.90 Å². The lowest BCUT2D eigenvalue weighted by Gasteiger charge is -2.19. The van der Waals surface area contributed by atoms with Gasteiger partial charge in [-0.1, -0.05) is 30.3 Å². The number of carbonyl (C=O) groups is 2. The summed E-state index contributed by atoms with van der Waals surface area (Å²) >= 11 is 0. The molecule has 8 heteroatoms. The SMILES string of the molecule is CC(=O)c1ccc(C(=O)N(C)c2ccc(-c3ccc(N(C)C)cc3S(=O)(=O)O)cc2)cc1. The first-order valence-corrected chi connectivity index (χ1v) is 11.2. The van der Waals surface area contributed by atoms with Crippen LogP contribution in [-0.4, -0.2) is 45.8 Å². The Morgan fingerprint density at radius 3 is 1.81 bits per heavy atom. The zero-order chi connectivity index (χ0) is 23.6. The van der Waals surface area contributed by atoms with Gasteiger partial charge < -0.3 is 9.80 Å². The number of hydrogen-bond donors (Lipinski definition) is 1. The second-order valence-corrected chi connectivity index (χ2v) is 8.98. The second-order valence-electron chi connectivity index (χ2n) is 7.59. The Morgan fingerprint density at radius 2 is 1.31 bits per heavy atom. The third-order valence-corrected chi connectivity index (χ3v) is 6.06. The smallest absolute Gasteiger partial charge is 0.295 e. The molecule has 0 saturated carbocycles. The summed E-state index contributed by atoms with van der Waals surface area (Å²) in [5.74, 6) is -0.322. The fraction of sp³-hybridized carbons (Fsp3) is 0.167. The van der Waals surface area contributed by atoms with Crippen molar-refractivity contribution in [1.29, 1.82) is 0 Å². The molecule has 1 N–H and O–H groups in total. The highest BCUT2D eigenvalue weighted by Gasteiger charge is 2.19. The number of anilines is 2. The Labute approximate surface area is 187 Å². The van der Waals surface area contributed by atoms with Crippen LogP contribution in [-0.2, 0) is 10.1 Å². The maximum absolute atomic E-state index is 12.8. The van der Waals surface area contributed by atoms with E-state index in [1.54, 1.807) is 86.7 Å². The summed E-state index contributed by atoms with van der Waals surface area (Å²) in [5.41, 5.74) is 3.15. The van der Waals surface area contributed by atoms with Crippen molar-refractivity contribution in [3.05, 3.63) is 77.9 Å². The largest absolute Gasteiger partial charge is 0.378 e. The molecule has 3 aromatic carbocycles. The molecule has 0 aromatic heterocycles. The van der Waals surface area contributed by atoms with Crippen LogP contribution in [0.3, 0.4) is 0 Å². The van der Waals surface area contributed by atoms with Gasteiger partial charge in [0.25, 0.3) is 16.0 Å². The van der Waals surface area contributed by atoms with Crippen molar-refractivity contribution in [3.63, 3.8) is 0 Å². The molecule has 3 aromatic rings. The van der Waals surface area contributed by atoms with Gasteiger partial charge in [-0.2, -0.15) is 8.42 Å². The van der Waals surface area contributed by atoms with Crippen LogP contribution in [0.1, 0.15) is 27.6 Å². The molecule has 0 radical (unpaired) electrons. The number of hydrogen-bond acceptors (Lipinski definition) is 5. The first-order valence-electron chi connectivity index (χ1n) is 9.77. The normalized spacial score (nSPS) is 11.2. The van der Waals surface area contributed by atoms with Gasteiger partial charge in [-0.25, -0.2) is 0 Å². The lowest BCUT2D eigenvalue weighted by Crippen LogP contribution is -2.26. The highest BCUT2D eigenvalue weighted by molar-refractivity contribution is 7.86. The average Bonchev–Trinajstić information content (AvgIpc) is 2.77. The Hall–Kier alpha value is -3.49. The number of Topliss-reactive ketones (excluding diaryl/α,β-unsaturated/α-hetero) is 1. The predicted molar refractivity (Wildman–Crippen MR) is 125 cm³/mol. The van der Waals surface area contributed by atoms with Crippen LogP contribution in [0.5, 0.6) is 0 Å². The van der Waals surface area contributed by atoms with E-state index in [0.717, 1.165) is 0 Å². The molecule has 32 heavy (non-hydrogen) atoms. The van der Waals surface area contributed by atoms with Crippen molar-refractivity contribution in [2.24, 2.45) is 0 Å². The highest BCUT2D eigenvalue weighted by Crippen LogP contribution is 2.32. The topological polar surface area (TPSA) is 95.0 Å². The zero-order valence-corrected chi connectivity index (χ0v) is 19.1. The molecule has 3 rings (SSSR count). The average molecular weight is 453 g/mol. The second kappa shape index (κ2) is 8.94. The first-order chi connectivity index (χ1) is 15.0. The van der Waals surface area contributed by atoms with Crippen LogP contribution in [0.15, 0.2) is 71.6 Å². The number of benzene rings is 3. The summed E-state index contributed by atoms with van der Waals surface area (Å²) in [6.45, 7) is 1.46. The third-order valence-electron chi connectivity index (χ3n) is 5.17. The lowest BCUT2D eigenvalue weighted by atomic mass is 10.0. The number of carbonyl (C=O) groups excluding carboxylic acids is 2. The standard InChI is InChI=1S/C24H24N2O5S/c1-16(27)17-5-7-19(8-6-17)24(28)26(4)20-11-9-18(10-12-20)22-14-13-21(25(2)3)15-23(22)32(29,30)31/h5-15H,1-4H3,(H,29,30,31). The molecule has 0 spiro atoms. The molecule has 0 aliphatic rings. The number of rotatable bonds is 6. The molecule has 0 heterocycles. The molecular formula is C24H24N2O5S. The maximum Gasteiger partial charge on any atom is 0.295 e. The summed E-state index contributed by atoms with van der Waals surface area (Å²) in [5, 5.41) is 0. The minimum atomic E-state index is -4.44. The van der Waals surface area contributed by atoms with E-state index in [0.29, 0.717) is 33.6 Å². The van der Waals surface area contributed by atoms with Crippen LogP contribution >= 0.6 is 0 Å². The van der Waals surface area contributed by atoms with E-state index >= 15 is 0 Å². The van der Waals surface area contributed by atoms with Crippen LogP contribution in [0, 0.1) is 0 Å². The number of amides is 1. The van der Waals surface area contributed by atoms with Crippen molar-refractivity contribution >= 4 is 33.2 Å². The van der Waals surface area contributed by atoms with Gasteiger partial charge in [0.2, 0.25) is 0 Å². The molecule has 0 atom stereocenters. The minimum absolute atomic E-state index is 0.0733. The van der Waals surface area contributed by atoms with Crippen LogP contribution in [0.2, 0.25) is 0 Å². The third kappa shape index (κ3) is 4.87. The fourth-order valence-corrected chi connectivity index (χ4v) is 4.00. The first kappa shape index (κ1) is 23.2. The van der Waals surface area contributed by atoms with E-state index in [4.69, 9.17) is 0 Å². The van der Waals surface area contributed by atoms with Crippen LogP contribution in [0.25, 0.3) is 11.1 Å². The molecular weight excluding hydrogens is 428 g/mol. The van der Waals surface area contributed by atoms with Gasteiger partial charge in [0.05, 0.1) is 0 Å². The number of ketones is 1. The van der Waals surface area contributed by atoms with Gasteiger partial charge in [-0.3, -0.25) is 14.1 Å². The molecule has 1 amide bonds. The lowest BCUT2D eigenvalue weighted by molar-refractivity contribution is 0.0988. The van der Waals surface area contributed by atoms with E-state index in [9.17, 15) is 22.6 Å². The minimum Gasteiger partial charge on any atom is -0.378 e. The molecule has 0 aliphatic carbocycles.